The molecular formula is C16H23NO. The highest BCUT2D eigenvalue weighted by Gasteiger charge is 2.38. The summed E-state index contributed by atoms with van der Waals surface area (Å²) in [5.74, 6) is 2.96. The first-order chi connectivity index (χ1) is 8.85. The molecule has 0 aliphatic heterocycles. The summed E-state index contributed by atoms with van der Waals surface area (Å²) in [7, 11) is 1.71. The van der Waals surface area contributed by atoms with Crippen molar-refractivity contribution in [2.75, 3.05) is 13.7 Å². The van der Waals surface area contributed by atoms with Crippen LogP contribution in [0.4, 0.5) is 0 Å². The fraction of sp³-hybridized carbons (Fsp3) is 0.625. The van der Waals surface area contributed by atoms with Crippen LogP contribution in [0.2, 0.25) is 0 Å². The Morgan fingerprint density at radius 1 is 1.17 bits per heavy atom. The molecule has 2 nitrogen and oxygen atoms in total. The number of rotatable bonds is 5. The van der Waals surface area contributed by atoms with E-state index in [0.29, 0.717) is 0 Å². The summed E-state index contributed by atoms with van der Waals surface area (Å²) in [5, 5.41) is 3.76. The quantitative estimate of drug-likeness (QED) is 0.861. The van der Waals surface area contributed by atoms with Crippen LogP contribution in [0.5, 0.6) is 5.75 Å². The number of hydrogen-bond donors (Lipinski definition) is 1. The average Bonchev–Trinajstić information content (AvgIpc) is 3.02. The lowest BCUT2D eigenvalue weighted by atomic mass is 9.95. The Kier molecular flexibility index (Phi) is 3.55. The van der Waals surface area contributed by atoms with Gasteiger partial charge in [0, 0.05) is 6.04 Å². The molecule has 1 aromatic rings. The first-order valence-corrected chi connectivity index (χ1v) is 7.21. The molecule has 2 bridgehead atoms. The van der Waals surface area contributed by atoms with E-state index >= 15 is 0 Å². The molecule has 0 saturated heterocycles. The van der Waals surface area contributed by atoms with Gasteiger partial charge in [-0.15, -0.1) is 0 Å². The second kappa shape index (κ2) is 5.31. The molecule has 98 valence electrons. The van der Waals surface area contributed by atoms with Gasteiger partial charge < -0.3 is 10.1 Å². The van der Waals surface area contributed by atoms with E-state index in [1.54, 1.807) is 7.11 Å². The molecule has 2 heteroatoms. The topological polar surface area (TPSA) is 21.3 Å². The van der Waals surface area contributed by atoms with E-state index in [-0.39, 0.29) is 0 Å². The smallest absolute Gasteiger partial charge is 0.118 e. The van der Waals surface area contributed by atoms with E-state index in [2.05, 4.69) is 17.4 Å². The molecule has 2 aliphatic rings. The maximum atomic E-state index is 5.17. The molecule has 0 amide bonds. The third-order valence-electron chi connectivity index (χ3n) is 4.72. The normalized spacial score (nSPS) is 29.7. The molecule has 1 aromatic carbocycles. The van der Waals surface area contributed by atoms with Gasteiger partial charge in [-0.1, -0.05) is 18.6 Å². The van der Waals surface area contributed by atoms with Crippen molar-refractivity contribution in [1.82, 2.24) is 5.32 Å². The third kappa shape index (κ3) is 2.54. The molecule has 2 saturated carbocycles. The molecule has 18 heavy (non-hydrogen) atoms. The fourth-order valence-corrected chi connectivity index (χ4v) is 3.69. The highest BCUT2D eigenvalue weighted by Crippen LogP contribution is 2.44. The number of ether oxygens (including phenoxy) is 1. The minimum absolute atomic E-state index is 0.807. The van der Waals surface area contributed by atoms with Gasteiger partial charge >= 0.3 is 0 Å². The highest BCUT2D eigenvalue weighted by atomic mass is 16.5. The number of methoxy groups -OCH3 is 1. The molecule has 2 aliphatic carbocycles. The Hall–Kier alpha value is -1.02. The predicted octanol–water partition coefficient (Wildman–Crippen LogP) is 3.02. The van der Waals surface area contributed by atoms with E-state index in [0.717, 1.165) is 36.6 Å². The van der Waals surface area contributed by atoms with Gasteiger partial charge in [0.15, 0.2) is 0 Å². The van der Waals surface area contributed by atoms with Crippen LogP contribution in [0.15, 0.2) is 24.3 Å². The van der Waals surface area contributed by atoms with Crippen molar-refractivity contribution in [1.29, 1.82) is 0 Å². The van der Waals surface area contributed by atoms with Crippen LogP contribution in [0.3, 0.4) is 0 Å². The van der Waals surface area contributed by atoms with Crippen molar-refractivity contribution in [2.45, 2.75) is 38.1 Å². The molecule has 3 rings (SSSR count). The molecule has 0 heterocycles. The molecular weight excluding hydrogens is 222 g/mol. The van der Waals surface area contributed by atoms with Gasteiger partial charge in [0.1, 0.15) is 5.75 Å². The molecule has 1 N–H and O–H groups in total. The predicted molar refractivity (Wildman–Crippen MR) is 73.9 cm³/mol. The van der Waals surface area contributed by atoms with Crippen LogP contribution in [0.1, 0.15) is 31.2 Å². The van der Waals surface area contributed by atoms with Gasteiger partial charge in [0.05, 0.1) is 7.11 Å². The summed E-state index contributed by atoms with van der Waals surface area (Å²) in [6, 6.07) is 9.24. The maximum absolute atomic E-state index is 5.17. The van der Waals surface area contributed by atoms with E-state index in [1.165, 1.54) is 31.2 Å². The van der Waals surface area contributed by atoms with Crippen LogP contribution in [0, 0.1) is 11.8 Å². The maximum Gasteiger partial charge on any atom is 0.118 e. The standard InChI is InChI=1S/C16H23NO/c1-18-15-6-3-12(4-7-15)8-9-17-16-11-13-2-5-14(16)10-13/h3-4,6-7,13-14,16-17H,2,5,8-11H2,1H3/t13-,14+,16+/m0/s1. The molecule has 2 fully saturated rings. The summed E-state index contributed by atoms with van der Waals surface area (Å²) in [5.41, 5.74) is 1.39. The van der Waals surface area contributed by atoms with E-state index in [4.69, 9.17) is 4.74 Å². The zero-order valence-corrected chi connectivity index (χ0v) is 11.2. The number of nitrogens with one attached hydrogen (secondary N) is 1. The molecule has 0 spiro atoms. The fourth-order valence-electron chi connectivity index (χ4n) is 3.69. The Morgan fingerprint density at radius 2 is 2.00 bits per heavy atom. The first-order valence-electron chi connectivity index (χ1n) is 7.21. The zero-order valence-electron chi connectivity index (χ0n) is 11.2. The van der Waals surface area contributed by atoms with Gasteiger partial charge in [0.25, 0.3) is 0 Å². The van der Waals surface area contributed by atoms with Gasteiger partial charge in [0.2, 0.25) is 0 Å². The van der Waals surface area contributed by atoms with Crippen LogP contribution in [-0.2, 0) is 6.42 Å². The molecule has 0 unspecified atom stereocenters. The van der Waals surface area contributed by atoms with Crippen LogP contribution in [-0.4, -0.2) is 19.7 Å². The summed E-state index contributed by atoms with van der Waals surface area (Å²) in [6.45, 7) is 1.11. The van der Waals surface area contributed by atoms with Crippen molar-refractivity contribution < 1.29 is 4.74 Å². The van der Waals surface area contributed by atoms with Crippen molar-refractivity contribution in [3.63, 3.8) is 0 Å². The second-order valence-corrected chi connectivity index (χ2v) is 5.83. The number of benzene rings is 1. The summed E-state index contributed by atoms with van der Waals surface area (Å²) in [4.78, 5) is 0. The summed E-state index contributed by atoms with van der Waals surface area (Å²) >= 11 is 0. The Labute approximate surface area is 110 Å². The monoisotopic (exact) mass is 245 g/mol. The van der Waals surface area contributed by atoms with Crippen LogP contribution < -0.4 is 10.1 Å². The lowest BCUT2D eigenvalue weighted by molar-refractivity contribution is 0.354. The second-order valence-electron chi connectivity index (χ2n) is 5.83. The average molecular weight is 245 g/mol. The Bertz CT molecular complexity index is 387. The van der Waals surface area contributed by atoms with E-state index in [9.17, 15) is 0 Å². The number of hydrogen-bond acceptors (Lipinski definition) is 2. The lowest BCUT2D eigenvalue weighted by Crippen LogP contribution is -2.35. The summed E-state index contributed by atoms with van der Waals surface area (Å²) in [6.07, 6.45) is 6.98. The van der Waals surface area contributed by atoms with Crippen LogP contribution in [0.25, 0.3) is 0 Å². The van der Waals surface area contributed by atoms with E-state index in [1.807, 2.05) is 12.1 Å². The van der Waals surface area contributed by atoms with Gasteiger partial charge in [-0.3, -0.25) is 0 Å². The molecule has 0 radical (unpaired) electrons. The third-order valence-corrected chi connectivity index (χ3v) is 4.72. The SMILES string of the molecule is COc1ccc(CCN[C@@H]2C[C@H]3CC[C@@H]2C3)cc1. The minimum atomic E-state index is 0.807. The Balaban J connectivity index is 1.44. The molecule has 3 atom stereocenters. The van der Waals surface area contributed by atoms with Crippen molar-refractivity contribution in [3.8, 4) is 5.75 Å². The lowest BCUT2D eigenvalue weighted by Gasteiger charge is -2.22. The van der Waals surface area contributed by atoms with Gasteiger partial charge in [-0.25, -0.2) is 0 Å². The van der Waals surface area contributed by atoms with Crippen molar-refractivity contribution >= 4 is 0 Å². The highest BCUT2D eigenvalue weighted by molar-refractivity contribution is 5.27. The first kappa shape index (κ1) is 12.0. The number of fused-ring (bicyclic) bond motifs is 2. The van der Waals surface area contributed by atoms with Gasteiger partial charge in [-0.05, 0) is 61.8 Å². The minimum Gasteiger partial charge on any atom is -0.497 e. The van der Waals surface area contributed by atoms with Crippen molar-refractivity contribution in [2.24, 2.45) is 11.8 Å². The van der Waals surface area contributed by atoms with Crippen LogP contribution >= 0.6 is 0 Å². The zero-order chi connectivity index (χ0) is 12.4. The largest absolute Gasteiger partial charge is 0.497 e. The summed E-state index contributed by atoms with van der Waals surface area (Å²) < 4.78 is 5.17. The van der Waals surface area contributed by atoms with Crippen molar-refractivity contribution in [3.05, 3.63) is 29.8 Å². The van der Waals surface area contributed by atoms with Gasteiger partial charge in [-0.2, -0.15) is 0 Å². The Morgan fingerprint density at radius 3 is 2.61 bits per heavy atom. The van der Waals surface area contributed by atoms with E-state index < -0.39 is 0 Å². The molecule has 0 aromatic heterocycles.